The number of benzene rings is 8. The Hall–Kier alpha value is -6.58. The molecule has 0 aliphatic rings. The smallest absolute Gasteiger partial charge is 0.160 e. The van der Waals surface area contributed by atoms with Crippen LogP contribution in [0, 0.1) is 0 Å². The molecule has 0 spiro atoms. The molecule has 0 radical (unpaired) electrons. The molecule has 10 aromatic rings. The number of furan rings is 1. The lowest BCUT2D eigenvalue weighted by molar-refractivity contribution is 0.669. The van der Waals surface area contributed by atoms with Gasteiger partial charge < -0.3 is 4.42 Å². The van der Waals surface area contributed by atoms with Gasteiger partial charge in [-0.3, -0.25) is 0 Å². The van der Waals surface area contributed by atoms with E-state index in [1.165, 1.54) is 32.5 Å². The van der Waals surface area contributed by atoms with Crippen LogP contribution in [0.3, 0.4) is 0 Å². The minimum Gasteiger partial charge on any atom is -0.456 e. The third kappa shape index (κ3) is 4.51. The van der Waals surface area contributed by atoms with Gasteiger partial charge >= 0.3 is 0 Å². The van der Waals surface area contributed by atoms with Crippen LogP contribution in [-0.2, 0) is 0 Å². The standard InChI is InChI=1S/C46H28N2O/c1-2-11-29(12-3-1)30-21-23-32(24-22-30)46-47-40(37-18-10-20-43-45(37)38-17-8-9-19-42(38)49-43)28-41(48-46)44-35-16-7-5-14-33(35)27-39-34-15-6-4-13-31(34)25-26-36(39)44/h1-28H. The number of para-hydroxylation sites is 1. The lowest BCUT2D eigenvalue weighted by Gasteiger charge is -2.16. The zero-order valence-electron chi connectivity index (χ0n) is 26.5. The molecular formula is C46H28N2O. The predicted molar refractivity (Wildman–Crippen MR) is 204 cm³/mol. The third-order valence-electron chi connectivity index (χ3n) is 9.68. The van der Waals surface area contributed by atoms with Gasteiger partial charge in [-0.25, -0.2) is 9.97 Å². The maximum atomic E-state index is 6.31. The van der Waals surface area contributed by atoms with Crippen molar-refractivity contribution in [1.29, 1.82) is 0 Å². The lowest BCUT2D eigenvalue weighted by Crippen LogP contribution is -1.97. The monoisotopic (exact) mass is 624 g/mol. The second kappa shape index (κ2) is 11.0. The highest BCUT2D eigenvalue weighted by atomic mass is 16.3. The Bertz CT molecular complexity index is 2870. The highest BCUT2D eigenvalue weighted by Crippen LogP contribution is 2.42. The Morgan fingerprint density at radius 2 is 1.02 bits per heavy atom. The van der Waals surface area contributed by atoms with Crippen LogP contribution in [0.2, 0.25) is 0 Å². The molecule has 3 nitrogen and oxygen atoms in total. The van der Waals surface area contributed by atoms with Crippen molar-refractivity contribution in [2.75, 3.05) is 0 Å². The van der Waals surface area contributed by atoms with Gasteiger partial charge in [0.15, 0.2) is 5.82 Å². The number of hydrogen-bond acceptors (Lipinski definition) is 3. The fourth-order valence-electron chi connectivity index (χ4n) is 7.37. The van der Waals surface area contributed by atoms with Gasteiger partial charge in [0, 0.05) is 27.5 Å². The maximum Gasteiger partial charge on any atom is 0.160 e. The van der Waals surface area contributed by atoms with Gasteiger partial charge in [-0.05, 0) is 67.7 Å². The normalized spacial score (nSPS) is 11.7. The van der Waals surface area contributed by atoms with Crippen molar-refractivity contribution in [3.05, 3.63) is 170 Å². The van der Waals surface area contributed by atoms with Gasteiger partial charge in [0.25, 0.3) is 0 Å². The molecule has 0 bridgehead atoms. The zero-order valence-corrected chi connectivity index (χ0v) is 26.5. The molecule has 0 saturated heterocycles. The van der Waals surface area contributed by atoms with Crippen LogP contribution < -0.4 is 0 Å². The molecule has 0 N–H and O–H groups in total. The summed E-state index contributed by atoms with van der Waals surface area (Å²) in [5, 5.41) is 9.30. The molecule has 2 aromatic heterocycles. The maximum absolute atomic E-state index is 6.31. The Morgan fingerprint density at radius 1 is 0.367 bits per heavy atom. The summed E-state index contributed by atoms with van der Waals surface area (Å²) in [7, 11) is 0. The molecule has 2 heterocycles. The van der Waals surface area contributed by atoms with Crippen molar-refractivity contribution in [2.24, 2.45) is 0 Å². The predicted octanol–water partition coefficient (Wildman–Crippen LogP) is 12.5. The fourth-order valence-corrected chi connectivity index (χ4v) is 7.37. The van der Waals surface area contributed by atoms with E-state index in [1.54, 1.807) is 0 Å². The van der Waals surface area contributed by atoms with E-state index in [2.05, 4.69) is 146 Å². The second-order valence-corrected chi connectivity index (χ2v) is 12.5. The average molecular weight is 625 g/mol. The summed E-state index contributed by atoms with van der Waals surface area (Å²) in [5.41, 5.74) is 8.86. The molecule has 0 unspecified atom stereocenters. The number of fused-ring (bicyclic) bond motifs is 7. The van der Waals surface area contributed by atoms with Gasteiger partial charge in [-0.15, -0.1) is 0 Å². The third-order valence-corrected chi connectivity index (χ3v) is 9.68. The lowest BCUT2D eigenvalue weighted by atomic mass is 9.91. The summed E-state index contributed by atoms with van der Waals surface area (Å²) in [6.45, 7) is 0. The highest BCUT2D eigenvalue weighted by molar-refractivity contribution is 6.20. The van der Waals surface area contributed by atoms with E-state index in [1.807, 2.05) is 24.3 Å². The summed E-state index contributed by atoms with van der Waals surface area (Å²) in [6, 6.07) is 59.7. The van der Waals surface area contributed by atoms with Crippen molar-refractivity contribution < 1.29 is 4.42 Å². The Labute approximate surface area is 282 Å². The zero-order chi connectivity index (χ0) is 32.3. The topological polar surface area (TPSA) is 38.9 Å². The summed E-state index contributed by atoms with van der Waals surface area (Å²) >= 11 is 0. The Balaban J connectivity index is 1.28. The summed E-state index contributed by atoms with van der Waals surface area (Å²) in [5.74, 6) is 0.679. The first-order chi connectivity index (χ1) is 24.3. The van der Waals surface area contributed by atoms with Crippen molar-refractivity contribution in [1.82, 2.24) is 9.97 Å². The van der Waals surface area contributed by atoms with E-state index in [0.29, 0.717) is 5.82 Å². The first-order valence-corrected chi connectivity index (χ1v) is 16.6. The quantitative estimate of drug-likeness (QED) is 0.144. The molecule has 3 heteroatoms. The van der Waals surface area contributed by atoms with Crippen LogP contribution in [-0.4, -0.2) is 9.97 Å². The van der Waals surface area contributed by atoms with Gasteiger partial charge in [0.05, 0.1) is 11.4 Å². The second-order valence-electron chi connectivity index (χ2n) is 12.5. The fraction of sp³-hybridized carbons (Fsp3) is 0. The molecule has 0 amide bonds. The van der Waals surface area contributed by atoms with E-state index in [0.717, 1.165) is 61.0 Å². The van der Waals surface area contributed by atoms with Gasteiger partial charge in [-0.2, -0.15) is 0 Å². The molecule has 0 aliphatic carbocycles. The SMILES string of the molecule is c1ccc(-c2ccc(-c3nc(-c4c5ccccc5cc5c4ccc4ccccc45)cc(-c4cccc5oc6ccccc6c45)n3)cc2)cc1. The molecular weight excluding hydrogens is 597 g/mol. The molecule has 228 valence electrons. The van der Waals surface area contributed by atoms with Crippen molar-refractivity contribution in [2.45, 2.75) is 0 Å². The van der Waals surface area contributed by atoms with E-state index >= 15 is 0 Å². The highest BCUT2D eigenvalue weighted by Gasteiger charge is 2.19. The molecule has 0 atom stereocenters. The molecule has 0 aliphatic heterocycles. The van der Waals surface area contributed by atoms with Crippen LogP contribution in [0.25, 0.3) is 99.3 Å². The van der Waals surface area contributed by atoms with Gasteiger partial charge in [0.1, 0.15) is 11.2 Å². The molecule has 8 aromatic carbocycles. The summed E-state index contributed by atoms with van der Waals surface area (Å²) in [6.07, 6.45) is 0. The van der Waals surface area contributed by atoms with Gasteiger partial charge in [0.2, 0.25) is 0 Å². The molecule has 0 fully saturated rings. The minimum absolute atomic E-state index is 0.679. The van der Waals surface area contributed by atoms with E-state index < -0.39 is 0 Å². The number of nitrogens with zero attached hydrogens (tertiary/aromatic N) is 2. The molecule has 49 heavy (non-hydrogen) atoms. The van der Waals surface area contributed by atoms with Crippen LogP contribution in [0.1, 0.15) is 0 Å². The van der Waals surface area contributed by atoms with Crippen LogP contribution in [0.4, 0.5) is 0 Å². The van der Waals surface area contributed by atoms with Crippen molar-refractivity contribution in [3.8, 4) is 45.0 Å². The van der Waals surface area contributed by atoms with Crippen molar-refractivity contribution >= 4 is 54.3 Å². The number of aromatic nitrogens is 2. The number of rotatable bonds is 4. The van der Waals surface area contributed by atoms with E-state index in [9.17, 15) is 0 Å². The van der Waals surface area contributed by atoms with Crippen molar-refractivity contribution in [3.63, 3.8) is 0 Å². The Morgan fingerprint density at radius 3 is 1.88 bits per heavy atom. The first kappa shape index (κ1) is 27.5. The van der Waals surface area contributed by atoms with Crippen LogP contribution in [0.5, 0.6) is 0 Å². The first-order valence-electron chi connectivity index (χ1n) is 16.6. The molecule has 0 saturated carbocycles. The summed E-state index contributed by atoms with van der Waals surface area (Å²) < 4.78 is 6.31. The van der Waals surface area contributed by atoms with E-state index in [4.69, 9.17) is 14.4 Å². The van der Waals surface area contributed by atoms with E-state index in [-0.39, 0.29) is 0 Å². The van der Waals surface area contributed by atoms with Crippen LogP contribution >= 0.6 is 0 Å². The largest absolute Gasteiger partial charge is 0.456 e. The average Bonchev–Trinajstić information content (AvgIpc) is 3.56. The molecule has 10 rings (SSSR count). The van der Waals surface area contributed by atoms with Gasteiger partial charge in [-0.1, -0.05) is 146 Å². The minimum atomic E-state index is 0.679. The Kier molecular flexibility index (Phi) is 6.18. The summed E-state index contributed by atoms with van der Waals surface area (Å²) in [4.78, 5) is 10.7. The van der Waals surface area contributed by atoms with Crippen LogP contribution in [0.15, 0.2) is 174 Å². The number of hydrogen-bond donors (Lipinski definition) is 0.